The lowest BCUT2D eigenvalue weighted by molar-refractivity contribution is 0.102. The summed E-state index contributed by atoms with van der Waals surface area (Å²) in [5, 5.41) is 13.1. The van der Waals surface area contributed by atoms with Crippen LogP contribution >= 0.6 is 0 Å². The Bertz CT molecular complexity index is 833. The lowest BCUT2D eigenvalue weighted by Gasteiger charge is -2.07. The SMILES string of the molecule is O=C(Nc1cnc2ccccc2c1)c1ccc(F)cc1O. The Morgan fingerprint density at radius 3 is 2.76 bits per heavy atom. The highest BCUT2D eigenvalue weighted by Gasteiger charge is 2.12. The minimum Gasteiger partial charge on any atom is -0.507 e. The summed E-state index contributed by atoms with van der Waals surface area (Å²) in [6.45, 7) is 0. The van der Waals surface area contributed by atoms with E-state index in [0.29, 0.717) is 5.69 Å². The molecule has 104 valence electrons. The summed E-state index contributed by atoms with van der Waals surface area (Å²) in [4.78, 5) is 16.3. The summed E-state index contributed by atoms with van der Waals surface area (Å²) in [7, 11) is 0. The second-order valence-corrected chi connectivity index (χ2v) is 4.53. The van der Waals surface area contributed by atoms with Crippen LogP contribution in [0.4, 0.5) is 10.1 Å². The first-order chi connectivity index (χ1) is 10.1. The monoisotopic (exact) mass is 282 g/mol. The number of hydrogen-bond donors (Lipinski definition) is 2. The van der Waals surface area contributed by atoms with Crippen LogP contribution in [0.5, 0.6) is 5.75 Å². The molecule has 1 aromatic heterocycles. The molecule has 2 N–H and O–H groups in total. The van der Waals surface area contributed by atoms with Gasteiger partial charge in [0.05, 0.1) is 23.0 Å². The molecule has 3 aromatic rings. The van der Waals surface area contributed by atoms with E-state index in [2.05, 4.69) is 10.3 Å². The molecule has 2 aromatic carbocycles. The van der Waals surface area contributed by atoms with Gasteiger partial charge in [-0.3, -0.25) is 9.78 Å². The molecule has 1 heterocycles. The van der Waals surface area contributed by atoms with Crippen molar-refractivity contribution in [3.63, 3.8) is 0 Å². The summed E-state index contributed by atoms with van der Waals surface area (Å²) in [5.74, 6) is -1.53. The molecular formula is C16H11FN2O2. The van der Waals surface area contributed by atoms with Crippen molar-refractivity contribution in [1.82, 2.24) is 4.98 Å². The Hall–Kier alpha value is -2.95. The molecule has 0 aliphatic rings. The number of rotatable bonds is 2. The van der Waals surface area contributed by atoms with Gasteiger partial charge in [0.2, 0.25) is 0 Å². The predicted molar refractivity (Wildman–Crippen MR) is 77.8 cm³/mol. The van der Waals surface area contributed by atoms with Crippen LogP contribution in [-0.2, 0) is 0 Å². The maximum atomic E-state index is 12.9. The minimum absolute atomic E-state index is 0.00422. The molecule has 0 fully saturated rings. The number of carbonyl (C=O) groups is 1. The van der Waals surface area contributed by atoms with Crippen molar-refractivity contribution in [2.45, 2.75) is 0 Å². The molecule has 0 bridgehead atoms. The highest BCUT2D eigenvalue weighted by atomic mass is 19.1. The Morgan fingerprint density at radius 1 is 1.14 bits per heavy atom. The Morgan fingerprint density at radius 2 is 1.95 bits per heavy atom. The molecule has 0 atom stereocenters. The van der Waals surface area contributed by atoms with Crippen molar-refractivity contribution in [2.75, 3.05) is 5.32 Å². The maximum absolute atomic E-state index is 12.9. The van der Waals surface area contributed by atoms with Crippen molar-refractivity contribution in [3.8, 4) is 5.75 Å². The van der Waals surface area contributed by atoms with Gasteiger partial charge in [-0.1, -0.05) is 18.2 Å². The van der Waals surface area contributed by atoms with Crippen LogP contribution in [0, 0.1) is 5.82 Å². The van der Waals surface area contributed by atoms with Crippen LogP contribution in [0.1, 0.15) is 10.4 Å². The number of fused-ring (bicyclic) bond motifs is 1. The number of nitrogens with one attached hydrogen (secondary N) is 1. The first kappa shape index (κ1) is 13.1. The second-order valence-electron chi connectivity index (χ2n) is 4.53. The number of amides is 1. The van der Waals surface area contributed by atoms with E-state index in [1.54, 1.807) is 6.07 Å². The molecule has 0 radical (unpaired) electrons. The van der Waals surface area contributed by atoms with Crippen LogP contribution in [0.2, 0.25) is 0 Å². The van der Waals surface area contributed by atoms with Gasteiger partial charge in [0.15, 0.2) is 0 Å². The molecule has 0 spiro atoms. The molecule has 0 aliphatic heterocycles. The van der Waals surface area contributed by atoms with Crippen LogP contribution in [0.3, 0.4) is 0 Å². The molecule has 21 heavy (non-hydrogen) atoms. The van der Waals surface area contributed by atoms with E-state index in [9.17, 15) is 14.3 Å². The van der Waals surface area contributed by atoms with E-state index < -0.39 is 17.5 Å². The van der Waals surface area contributed by atoms with Crippen molar-refractivity contribution in [3.05, 3.63) is 66.1 Å². The lowest BCUT2D eigenvalue weighted by atomic mass is 10.1. The highest BCUT2D eigenvalue weighted by molar-refractivity contribution is 6.06. The number of hydrogen-bond acceptors (Lipinski definition) is 3. The molecule has 0 unspecified atom stereocenters. The third kappa shape index (κ3) is 2.67. The van der Waals surface area contributed by atoms with Gasteiger partial charge in [-0.2, -0.15) is 0 Å². The number of phenols is 1. The van der Waals surface area contributed by atoms with Gasteiger partial charge in [-0.05, 0) is 24.3 Å². The van der Waals surface area contributed by atoms with Gasteiger partial charge >= 0.3 is 0 Å². The van der Waals surface area contributed by atoms with E-state index in [1.807, 2.05) is 24.3 Å². The van der Waals surface area contributed by atoms with Gasteiger partial charge in [-0.15, -0.1) is 0 Å². The fraction of sp³-hybridized carbons (Fsp3) is 0. The molecule has 3 rings (SSSR count). The molecular weight excluding hydrogens is 271 g/mol. The third-order valence-corrected chi connectivity index (χ3v) is 3.05. The van der Waals surface area contributed by atoms with Crippen LogP contribution in [-0.4, -0.2) is 16.0 Å². The van der Waals surface area contributed by atoms with Crippen molar-refractivity contribution < 1.29 is 14.3 Å². The summed E-state index contributed by atoms with van der Waals surface area (Å²) < 4.78 is 12.9. The number of halogens is 1. The topological polar surface area (TPSA) is 62.2 Å². The maximum Gasteiger partial charge on any atom is 0.259 e. The Balaban J connectivity index is 1.89. The van der Waals surface area contributed by atoms with E-state index in [-0.39, 0.29) is 5.56 Å². The number of anilines is 1. The molecule has 0 saturated carbocycles. The lowest BCUT2D eigenvalue weighted by Crippen LogP contribution is -2.12. The molecule has 1 amide bonds. The van der Waals surface area contributed by atoms with Gasteiger partial charge in [0.25, 0.3) is 5.91 Å². The Labute approximate surface area is 119 Å². The normalized spacial score (nSPS) is 10.5. The zero-order valence-corrected chi connectivity index (χ0v) is 10.9. The molecule has 5 heteroatoms. The van der Waals surface area contributed by atoms with E-state index in [4.69, 9.17) is 0 Å². The number of nitrogens with zero attached hydrogens (tertiary/aromatic N) is 1. The van der Waals surface area contributed by atoms with E-state index in [0.717, 1.165) is 23.0 Å². The largest absolute Gasteiger partial charge is 0.507 e. The first-order valence-electron chi connectivity index (χ1n) is 6.28. The summed E-state index contributed by atoms with van der Waals surface area (Å²) >= 11 is 0. The molecule has 0 aliphatic carbocycles. The van der Waals surface area contributed by atoms with Crippen molar-refractivity contribution >= 4 is 22.5 Å². The number of carbonyl (C=O) groups excluding carboxylic acids is 1. The van der Waals surface area contributed by atoms with Crippen LogP contribution in [0.15, 0.2) is 54.7 Å². The number of pyridine rings is 1. The quantitative estimate of drug-likeness (QED) is 0.757. The number of phenolic OH excluding ortho intramolecular Hbond substituents is 1. The Kier molecular flexibility index (Phi) is 3.23. The smallest absolute Gasteiger partial charge is 0.259 e. The van der Waals surface area contributed by atoms with Gasteiger partial charge < -0.3 is 10.4 Å². The fourth-order valence-electron chi connectivity index (χ4n) is 2.03. The van der Waals surface area contributed by atoms with Gasteiger partial charge in [0, 0.05) is 11.5 Å². The zero-order chi connectivity index (χ0) is 14.8. The van der Waals surface area contributed by atoms with E-state index in [1.165, 1.54) is 12.3 Å². The van der Waals surface area contributed by atoms with Gasteiger partial charge in [-0.25, -0.2) is 4.39 Å². The zero-order valence-electron chi connectivity index (χ0n) is 10.9. The second kappa shape index (κ2) is 5.20. The molecule has 0 saturated heterocycles. The average Bonchev–Trinajstić information content (AvgIpc) is 2.47. The van der Waals surface area contributed by atoms with Crippen LogP contribution in [0.25, 0.3) is 10.9 Å². The van der Waals surface area contributed by atoms with Gasteiger partial charge in [0.1, 0.15) is 11.6 Å². The number of aromatic nitrogens is 1. The first-order valence-corrected chi connectivity index (χ1v) is 6.28. The predicted octanol–water partition coefficient (Wildman–Crippen LogP) is 3.33. The van der Waals surface area contributed by atoms with Crippen molar-refractivity contribution in [1.29, 1.82) is 0 Å². The summed E-state index contributed by atoms with van der Waals surface area (Å²) in [5.41, 5.74) is 1.33. The number of aromatic hydroxyl groups is 1. The number of benzene rings is 2. The summed E-state index contributed by atoms with van der Waals surface area (Å²) in [6, 6.07) is 12.5. The van der Waals surface area contributed by atoms with Crippen LogP contribution < -0.4 is 5.32 Å². The standard InChI is InChI=1S/C16H11FN2O2/c17-11-5-6-13(15(20)8-11)16(21)19-12-7-10-3-1-2-4-14(10)18-9-12/h1-9,20H,(H,19,21). The highest BCUT2D eigenvalue weighted by Crippen LogP contribution is 2.21. The number of para-hydroxylation sites is 1. The van der Waals surface area contributed by atoms with E-state index >= 15 is 0 Å². The minimum atomic E-state index is -0.601. The average molecular weight is 282 g/mol. The fourth-order valence-corrected chi connectivity index (χ4v) is 2.03. The summed E-state index contributed by atoms with van der Waals surface area (Å²) in [6.07, 6.45) is 1.53. The van der Waals surface area contributed by atoms with Crippen molar-refractivity contribution in [2.24, 2.45) is 0 Å². The molecule has 4 nitrogen and oxygen atoms in total. The third-order valence-electron chi connectivity index (χ3n) is 3.05.